The van der Waals surface area contributed by atoms with Crippen LogP contribution in [-0.2, 0) is 16.8 Å². The molecule has 0 bridgehead atoms. The van der Waals surface area contributed by atoms with Gasteiger partial charge in [-0.2, -0.15) is 0 Å². The maximum Gasteiger partial charge on any atom is 0.286 e. The number of hydrogen-bond acceptors (Lipinski definition) is 4. The Kier molecular flexibility index (Phi) is 6.85. The Bertz CT molecular complexity index is 900. The van der Waals surface area contributed by atoms with Crippen molar-refractivity contribution in [2.75, 3.05) is 18.1 Å². The summed E-state index contributed by atoms with van der Waals surface area (Å²) in [6.07, 6.45) is 4.12. The number of furan rings is 1. The number of amides is 2. The van der Waals surface area contributed by atoms with Crippen LogP contribution in [0.3, 0.4) is 0 Å². The Morgan fingerprint density at radius 1 is 1.17 bits per heavy atom. The van der Waals surface area contributed by atoms with Gasteiger partial charge < -0.3 is 14.5 Å². The molecule has 0 fully saturated rings. The lowest BCUT2D eigenvalue weighted by Gasteiger charge is -2.31. The van der Waals surface area contributed by atoms with E-state index in [4.69, 9.17) is 9.15 Å². The van der Waals surface area contributed by atoms with Crippen molar-refractivity contribution in [2.45, 2.75) is 65.3 Å². The Morgan fingerprint density at radius 3 is 2.70 bits per heavy atom. The fraction of sp³-hybridized carbons (Fsp3) is 0.500. The molecule has 1 aromatic carbocycles. The van der Waals surface area contributed by atoms with Crippen molar-refractivity contribution in [2.24, 2.45) is 0 Å². The molecular weight excluding hydrogens is 380 g/mol. The van der Waals surface area contributed by atoms with Gasteiger partial charge in [0, 0.05) is 6.54 Å². The fourth-order valence-corrected chi connectivity index (χ4v) is 3.41. The number of nitrogens with one attached hydrogen (secondary N) is 1. The van der Waals surface area contributed by atoms with Crippen LogP contribution in [0.15, 0.2) is 34.7 Å². The molecule has 3 rings (SSSR count). The van der Waals surface area contributed by atoms with E-state index in [-0.39, 0.29) is 36.1 Å². The second-order valence-corrected chi connectivity index (χ2v) is 8.42. The van der Waals surface area contributed by atoms with Crippen LogP contribution in [-0.4, -0.2) is 25.0 Å². The predicted molar refractivity (Wildman–Crippen MR) is 117 cm³/mol. The molecule has 1 N–H and O–H groups in total. The lowest BCUT2D eigenvalue weighted by Crippen LogP contribution is -2.38. The van der Waals surface area contributed by atoms with E-state index in [1.807, 2.05) is 12.1 Å². The Labute approximate surface area is 178 Å². The highest BCUT2D eigenvalue weighted by atomic mass is 16.5. The monoisotopic (exact) mass is 412 g/mol. The summed E-state index contributed by atoms with van der Waals surface area (Å²) < 4.78 is 11.4. The van der Waals surface area contributed by atoms with Crippen LogP contribution in [0.1, 0.15) is 75.3 Å². The van der Waals surface area contributed by atoms with E-state index >= 15 is 0 Å². The summed E-state index contributed by atoms with van der Waals surface area (Å²) in [7, 11) is 0. The van der Waals surface area contributed by atoms with E-state index in [9.17, 15) is 9.59 Å². The molecule has 162 valence electrons. The molecule has 1 aliphatic heterocycles. The van der Waals surface area contributed by atoms with Gasteiger partial charge in [-0.1, -0.05) is 46.6 Å². The van der Waals surface area contributed by atoms with Crippen LogP contribution >= 0.6 is 0 Å². The molecule has 0 radical (unpaired) electrons. The molecule has 0 saturated heterocycles. The lowest BCUT2D eigenvalue weighted by molar-refractivity contribution is -0.121. The van der Waals surface area contributed by atoms with Crippen LogP contribution in [0.4, 0.5) is 5.69 Å². The molecule has 2 heterocycles. The highest BCUT2D eigenvalue weighted by Gasteiger charge is 2.29. The highest BCUT2D eigenvalue weighted by molar-refractivity contribution is 5.98. The number of hydrogen-bond donors (Lipinski definition) is 1. The minimum absolute atomic E-state index is 0.00496. The van der Waals surface area contributed by atoms with Gasteiger partial charge in [0.25, 0.3) is 11.8 Å². The molecule has 2 aromatic rings. The molecule has 0 unspecified atom stereocenters. The number of fused-ring (bicyclic) bond motifs is 1. The topological polar surface area (TPSA) is 71.8 Å². The van der Waals surface area contributed by atoms with E-state index in [2.05, 4.69) is 39.1 Å². The number of rotatable bonds is 9. The normalized spacial score (nSPS) is 13.7. The zero-order chi connectivity index (χ0) is 21.7. The van der Waals surface area contributed by atoms with Crippen molar-refractivity contribution in [1.29, 1.82) is 0 Å². The second kappa shape index (κ2) is 9.37. The van der Waals surface area contributed by atoms with Gasteiger partial charge in [0.05, 0.1) is 12.2 Å². The summed E-state index contributed by atoms with van der Waals surface area (Å²) in [5, 5.41) is 2.87. The zero-order valence-electron chi connectivity index (χ0n) is 18.4. The summed E-state index contributed by atoms with van der Waals surface area (Å²) in [6, 6.07) is 9.43. The number of carbonyl (C=O) groups excluding carboxylic acids is 2. The smallest absolute Gasteiger partial charge is 0.286 e. The third kappa shape index (κ3) is 4.86. The van der Waals surface area contributed by atoms with Crippen LogP contribution in [0.25, 0.3) is 0 Å². The number of unbranched alkanes of at least 4 members (excludes halogenated alkanes) is 2. The van der Waals surface area contributed by atoms with Gasteiger partial charge in [0.2, 0.25) is 0 Å². The van der Waals surface area contributed by atoms with Crippen LogP contribution < -0.4 is 15.0 Å². The highest BCUT2D eigenvalue weighted by Crippen LogP contribution is 2.38. The standard InChI is InChI=1S/C24H32N2O4/c1-5-7-8-13-25-23(28)21-12-10-18(30-21)15-26-19-14-17(24(3,4)6-2)9-11-20(19)29-16-22(26)27/h9-12,14H,5-8,13,15-16H2,1-4H3,(H,25,28). The minimum atomic E-state index is -0.224. The summed E-state index contributed by atoms with van der Waals surface area (Å²) >= 11 is 0. The molecule has 0 saturated carbocycles. The fourth-order valence-electron chi connectivity index (χ4n) is 3.41. The first kappa shape index (κ1) is 21.9. The predicted octanol–water partition coefficient (Wildman–Crippen LogP) is 4.81. The first-order chi connectivity index (χ1) is 14.4. The minimum Gasteiger partial charge on any atom is -0.482 e. The Morgan fingerprint density at radius 2 is 1.97 bits per heavy atom. The van der Waals surface area contributed by atoms with Crippen molar-refractivity contribution in [1.82, 2.24) is 5.32 Å². The van der Waals surface area contributed by atoms with Crippen molar-refractivity contribution in [3.05, 3.63) is 47.4 Å². The molecular formula is C24H32N2O4. The molecule has 30 heavy (non-hydrogen) atoms. The zero-order valence-corrected chi connectivity index (χ0v) is 18.4. The Hall–Kier alpha value is -2.76. The molecule has 0 atom stereocenters. The van der Waals surface area contributed by atoms with Crippen molar-refractivity contribution in [3.8, 4) is 5.75 Å². The van der Waals surface area contributed by atoms with Gasteiger partial charge >= 0.3 is 0 Å². The first-order valence-corrected chi connectivity index (χ1v) is 10.8. The lowest BCUT2D eigenvalue weighted by atomic mass is 9.82. The van der Waals surface area contributed by atoms with Crippen LogP contribution in [0.2, 0.25) is 0 Å². The SMILES string of the molecule is CCCCCNC(=O)c1ccc(CN2C(=O)COc3ccc(C(C)(C)CC)cc32)o1. The summed E-state index contributed by atoms with van der Waals surface area (Å²) in [5.41, 5.74) is 1.89. The van der Waals surface area contributed by atoms with Gasteiger partial charge in [-0.15, -0.1) is 0 Å². The average Bonchev–Trinajstić information content (AvgIpc) is 3.21. The van der Waals surface area contributed by atoms with Gasteiger partial charge in [0.1, 0.15) is 11.5 Å². The maximum atomic E-state index is 12.6. The van der Waals surface area contributed by atoms with E-state index < -0.39 is 0 Å². The Balaban J connectivity index is 1.76. The number of anilines is 1. The summed E-state index contributed by atoms with van der Waals surface area (Å²) in [4.78, 5) is 26.6. The quantitative estimate of drug-likeness (QED) is 0.600. The number of nitrogens with zero attached hydrogens (tertiary/aromatic N) is 1. The van der Waals surface area contributed by atoms with Crippen molar-refractivity contribution in [3.63, 3.8) is 0 Å². The molecule has 1 aromatic heterocycles. The van der Waals surface area contributed by atoms with Crippen LogP contribution in [0.5, 0.6) is 5.75 Å². The average molecular weight is 413 g/mol. The summed E-state index contributed by atoms with van der Waals surface area (Å²) in [5.74, 6) is 1.16. The van der Waals surface area contributed by atoms with E-state index in [1.54, 1.807) is 17.0 Å². The van der Waals surface area contributed by atoms with E-state index in [0.717, 1.165) is 36.9 Å². The number of benzene rings is 1. The molecule has 6 heteroatoms. The third-order valence-corrected chi connectivity index (χ3v) is 5.83. The first-order valence-electron chi connectivity index (χ1n) is 10.8. The molecule has 2 amide bonds. The summed E-state index contributed by atoms with van der Waals surface area (Å²) in [6.45, 7) is 9.52. The largest absolute Gasteiger partial charge is 0.482 e. The second-order valence-electron chi connectivity index (χ2n) is 8.42. The third-order valence-electron chi connectivity index (χ3n) is 5.83. The number of ether oxygens (including phenoxy) is 1. The van der Waals surface area contributed by atoms with E-state index in [0.29, 0.717) is 18.1 Å². The van der Waals surface area contributed by atoms with E-state index in [1.165, 1.54) is 0 Å². The molecule has 6 nitrogen and oxygen atoms in total. The molecule has 0 aliphatic carbocycles. The van der Waals surface area contributed by atoms with Gasteiger partial charge in [-0.05, 0) is 48.1 Å². The van der Waals surface area contributed by atoms with Crippen molar-refractivity contribution >= 4 is 17.5 Å². The maximum absolute atomic E-state index is 12.6. The molecule has 0 spiro atoms. The van der Waals surface area contributed by atoms with Gasteiger partial charge in [0.15, 0.2) is 12.4 Å². The molecule has 1 aliphatic rings. The van der Waals surface area contributed by atoms with Crippen molar-refractivity contribution < 1.29 is 18.7 Å². The number of carbonyl (C=O) groups is 2. The van der Waals surface area contributed by atoms with Crippen LogP contribution in [0, 0.1) is 0 Å². The van der Waals surface area contributed by atoms with Gasteiger partial charge in [-0.3, -0.25) is 14.5 Å². The van der Waals surface area contributed by atoms with Gasteiger partial charge in [-0.25, -0.2) is 0 Å².